The first-order chi connectivity index (χ1) is 23.5. The second-order valence-corrected chi connectivity index (χ2v) is 14.1. The van der Waals surface area contributed by atoms with Crippen LogP contribution in [0.1, 0.15) is 79.9 Å². The SMILES string of the molecule is CCCCCCCOc1ccc(-c2cnc(-c3ccc(CC(NC(=O)c4ccc(C(C)(C)C)s4)C(=O)NC(CN)C(=O)O)cc3)nc2)cc1. The number of amides is 2. The van der Waals surface area contributed by atoms with E-state index < -0.39 is 29.9 Å². The van der Waals surface area contributed by atoms with Crippen LogP contribution in [0.5, 0.6) is 5.75 Å². The molecule has 260 valence electrons. The van der Waals surface area contributed by atoms with Crippen molar-refractivity contribution in [2.24, 2.45) is 5.73 Å². The molecule has 2 amide bonds. The van der Waals surface area contributed by atoms with Gasteiger partial charge in [-0.05, 0) is 47.2 Å². The van der Waals surface area contributed by atoms with Gasteiger partial charge in [0.1, 0.15) is 17.8 Å². The number of thiophene rings is 1. The molecule has 0 aliphatic rings. The molecule has 0 saturated heterocycles. The number of carboxylic acids is 1. The lowest BCUT2D eigenvalue weighted by Crippen LogP contribution is -2.54. The zero-order valence-electron chi connectivity index (χ0n) is 28.7. The lowest BCUT2D eigenvalue weighted by atomic mass is 9.95. The smallest absolute Gasteiger partial charge is 0.327 e. The fourth-order valence-corrected chi connectivity index (χ4v) is 6.05. The van der Waals surface area contributed by atoms with Gasteiger partial charge in [-0.15, -0.1) is 11.3 Å². The minimum absolute atomic E-state index is 0.130. The first kappa shape index (κ1) is 37.2. The van der Waals surface area contributed by atoms with E-state index in [0.29, 0.717) is 10.7 Å². The van der Waals surface area contributed by atoms with Gasteiger partial charge in [0.05, 0.1) is 11.5 Å². The molecule has 0 fully saturated rings. The Morgan fingerprint density at radius 1 is 0.837 bits per heavy atom. The molecule has 2 atom stereocenters. The number of benzene rings is 2. The van der Waals surface area contributed by atoms with E-state index in [1.807, 2.05) is 54.6 Å². The van der Waals surface area contributed by atoms with Gasteiger partial charge in [0, 0.05) is 41.4 Å². The molecule has 49 heavy (non-hydrogen) atoms. The average molecular weight is 686 g/mol. The van der Waals surface area contributed by atoms with Crippen molar-refractivity contribution in [3.8, 4) is 28.3 Å². The number of carbonyl (C=O) groups excluding carboxylic acids is 2. The van der Waals surface area contributed by atoms with Crippen LogP contribution in [0, 0.1) is 0 Å². The molecule has 11 heteroatoms. The molecule has 2 unspecified atom stereocenters. The lowest BCUT2D eigenvalue weighted by molar-refractivity contribution is -0.141. The van der Waals surface area contributed by atoms with E-state index in [-0.39, 0.29) is 18.4 Å². The molecule has 0 bridgehead atoms. The summed E-state index contributed by atoms with van der Waals surface area (Å²) in [4.78, 5) is 48.6. The molecular weight excluding hydrogens is 639 g/mol. The maximum absolute atomic E-state index is 13.2. The number of rotatable bonds is 17. The molecule has 2 aromatic carbocycles. The van der Waals surface area contributed by atoms with Crippen LogP contribution in [0.15, 0.2) is 73.1 Å². The van der Waals surface area contributed by atoms with Gasteiger partial charge in [0.2, 0.25) is 5.91 Å². The van der Waals surface area contributed by atoms with Gasteiger partial charge in [-0.1, -0.05) is 89.8 Å². The summed E-state index contributed by atoms with van der Waals surface area (Å²) in [6, 6.07) is 16.6. The highest BCUT2D eigenvalue weighted by Gasteiger charge is 2.27. The summed E-state index contributed by atoms with van der Waals surface area (Å²) in [7, 11) is 0. The minimum atomic E-state index is -1.28. The fraction of sp³-hybridized carbons (Fsp3) is 0.395. The maximum Gasteiger partial charge on any atom is 0.327 e. The number of nitrogens with one attached hydrogen (secondary N) is 2. The highest BCUT2D eigenvalue weighted by molar-refractivity contribution is 7.14. The van der Waals surface area contributed by atoms with E-state index in [4.69, 9.17) is 10.5 Å². The maximum atomic E-state index is 13.2. The largest absolute Gasteiger partial charge is 0.494 e. The van der Waals surface area contributed by atoms with Crippen LogP contribution in [0.3, 0.4) is 0 Å². The van der Waals surface area contributed by atoms with Crippen molar-refractivity contribution >= 4 is 29.1 Å². The Morgan fingerprint density at radius 2 is 1.49 bits per heavy atom. The Labute approximate surface area is 292 Å². The van der Waals surface area contributed by atoms with Gasteiger partial charge in [-0.25, -0.2) is 14.8 Å². The molecule has 4 aromatic rings. The number of hydrogen-bond acceptors (Lipinski definition) is 8. The Morgan fingerprint density at radius 3 is 2.08 bits per heavy atom. The number of nitrogens with two attached hydrogens (primary N) is 1. The van der Waals surface area contributed by atoms with Gasteiger partial charge in [-0.2, -0.15) is 0 Å². The van der Waals surface area contributed by atoms with E-state index >= 15 is 0 Å². The van der Waals surface area contributed by atoms with Crippen molar-refractivity contribution in [2.75, 3.05) is 13.2 Å². The summed E-state index contributed by atoms with van der Waals surface area (Å²) in [5, 5.41) is 14.7. The summed E-state index contributed by atoms with van der Waals surface area (Å²) >= 11 is 1.36. The van der Waals surface area contributed by atoms with Gasteiger partial charge in [-0.3, -0.25) is 9.59 Å². The number of aromatic nitrogens is 2. The monoisotopic (exact) mass is 685 g/mol. The Balaban J connectivity index is 1.41. The van der Waals surface area contributed by atoms with Gasteiger partial charge >= 0.3 is 5.97 Å². The minimum Gasteiger partial charge on any atom is -0.494 e. The predicted octanol–water partition coefficient (Wildman–Crippen LogP) is 6.39. The first-order valence-electron chi connectivity index (χ1n) is 16.8. The Kier molecular flexibility index (Phi) is 13.4. The second kappa shape index (κ2) is 17.7. The Bertz CT molecular complexity index is 1660. The summed E-state index contributed by atoms with van der Waals surface area (Å²) in [5.41, 5.74) is 8.84. The molecule has 0 saturated carbocycles. The third-order valence-electron chi connectivity index (χ3n) is 8.05. The van der Waals surface area contributed by atoms with Crippen molar-refractivity contribution in [3.63, 3.8) is 0 Å². The number of carbonyl (C=O) groups is 3. The number of aliphatic carboxylic acids is 1. The summed E-state index contributed by atoms with van der Waals surface area (Å²) in [6.07, 6.45) is 9.68. The van der Waals surface area contributed by atoms with Crippen molar-refractivity contribution < 1.29 is 24.2 Å². The van der Waals surface area contributed by atoms with E-state index in [2.05, 4.69) is 48.3 Å². The van der Waals surface area contributed by atoms with Crippen LogP contribution in [0.2, 0.25) is 0 Å². The molecule has 0 spiro atoms. The number of carboxylic acid groups (broad SMARTS) is 1. The highest BCUT2D eigenvalue weighted by Crippen LogP contribution is 2.29. The van der Waals surface area contributed by atoms with Crippen LogP contribution < -0.4 is 21.1 Å². The van der Waals surface area contributed by atoms with E-state index in [1.54, 1.807) is 18.5 Å². The van der Waals surface area contributed by atoms with Crippen molar-refractivity contribution in [3.05, 3.63) is 88.4 Å². The predicted molar refractivity (Wildman–Crippen MR) is 194 cm³/mol. The Hall–Kier alpha value is -4.61. The van der Waals surface area contributed by atoms with E-state index in [1.165, 1.54) is 37.0 Å². The molecule has 10 nitrogen and oxygen atoms in total. The van der Waals surface area contributed by atoms with Crippen molar-refractivity contribution in [1.82, 2.24) is 20.6 Å². The molecule has 2 aromatic heterocycles. The van der Waals surface area contributed by atoms with Crippen molar-refractivity contribution in [2.45, 2.75) is 83.7 Å². The summed E-state index contributed by atoms with van der Waals surface area (Å²) in [5.74, 6) is -0.910. The molecule has 5 N–H and O–H groups in total. The molecule has 0 aliphatic carbocycles. The molecular formula is C38H47N5O5S. The first-order valence-corrected chi connectivity index (χ1v) is 17.6. The third-order valence-corrected chi connectivity index (χ3v) is 9.56. The van der Waals surface area contributed by atoms with Gasteiger partial charge in [0.15, 0.2) is 5.82 Å². The molecule has 4 rings (SSSR count). The quantitative estimate of drug-likeness (QED) is 0.0932. The normalized spacial score (nSPS) is 12.6. The summed E-state index contributed by atoms with van der Waals surface area (Å²) < 4.78 is 5.88. The second-order valence-electron chi connectivity index (χ2n) is 13.1. The number of hydrogen-bond donors (Lipinski definition) is 4. The zero-order chi connectivity index (χ0) is 35.4. The van der Waals surface area contributed by atoms with E-state index in [9.17, 15) is 19.5 Å². The van der Waals surface area contributed by atoms with Crippen LogP contribution in [0.4, 0.5) is 0 Å². The van der Waals surface area contributed by atoms with E-state index in [0.717, 1.165) is 45.9 Å². The van der Waals surface area contributed by atoms with Crippen molar-refractivity contribution in [1.29, 1.82) is 0 Å². The van der Waals surface area contributed by atoms with Crippen LogP contribution in [-0.4, -0.2) is 58.1 Å². The number of unbranched alkanes of at least 4 members (excludes halogenated alkanes) is 4. The number of ether oxygens (including phenoxy) is 1. The zero-order valence-corrected chi connectivity index (χ0v) is 29.5. The topological polar surface area (TPSA) is 157 Å². The third kappa shape index (κ3) is 11.0. The van der Waals surface area contributed by atoms with Crippen LogP contribution in [0.25, 0.3) is 22.5 Å². The van der Waals surface area contributed by atoms with Crippen LogP contribution in [-0.2, 0) is 21.4 Å². The van der Waals surface area contributed by atoms with Gasteiger partial charge in [0.25, 0.3) is 5.91 Å². The summed E-state index contributed by atoms with van der Waals surface area (Å²) in [6.45, 7) is 8.82. The fourth-order valence-electron chi connectivity index (χ4n) is 5.09. The van der Waals surface area contributed by atoms with Gasteiger partial charge < -0.3 is 26.2 Å². The average Bonchev–Trinajstić information content (AvgIpc) is 3.61. The molecule has 2 heterocycles. The number of nitrogens with zero attached hydrogens (tertiary/aromatic N) is 2. The van der Waals surface area contributed by atoms with Crippen LogP contribution >= 0.6 is 11.3 Å². The molecule has 0 radical (unpaired) electrons. The lowest BCUT2D eigenvalue weighted by Gasteiger charge is -2.21. The standard InChI is InChI=1S/C38H47N5O5S/c1-5-6-7-8-9-20-48-29-16-14-26(15-17-29)28-23-40-34(41-24-28)27-12-10-25(11-13-27)21-30(35(44)43-31(22-39)37(46)47)42-36(45)32-18-19-33(49-32)38(2,3)4/h10-19,23-24,30-31H,5-9,20-22,39H2,1-4H3,(H,42,45)(H,43,44)(H,46,47). The molecule has 0 aliphatic heterocycles. The highest BCUT2D eigenvalue weighted by atomic mass is 32.1.